The number of esters is 2. The third-order valence-electron chi connectivity index (χ3n) is 3.75. The summed E-state index contributed by atoms with van der Waals surface area (Å²) in [6, 6.07) is 6.35. The number of carbonyl (C=O) groups is 3. The Labute approximate surface area is 167 Å². The molecular weight excluding hydrogens is 386 g/mol. The Morgan fingerprint density at radius 2 is 1.89 bits per heavy atom. The molecule has 0 aliphatic heterocycles. The number of nitrogens with zero attached hydrogens (tertiary/aromatic N) is 2. The van der Waals surface area contributed by atoms with Crippen LogP contribution in [0.5, 0.6) is 0 Å². The summed E-state index contributed by atoms with van der Waals surface area (Å²) in [5.41, 5.74) is 1.00. The molecule has 0 radical (unpaired) electrons. The molecule has 0 atom stereocenters. The molecule has 1 aromatic heterocycles. The van der Waals surface area contributed by atoms with Crippen LogP contribution in [0.2, 0.25) is 5.15 Å². The summed E-state index contributed by atoms with van der Waals surface area (Å²) < 4.78 is 11.3. The van der Waals surface area contributed by atoms with E-state index >= 15 is 0 Å². The van der Waals surface area contributed by atoms with Gasteiger partial charge in [0, 0.05) is 6.54 Å². The lowest BCUT2D eigenvalue weighted by molar-refractivity contribution is -0.119. The van der Waals surface area contributed by atoms with E-state index in [1.807, 2.05) is 13.8 Å². The van der Waals surface area contributed by atoms with E-state index in [0.717, 1.165) is 0 Å². The fourth-order valence-corrected chi connectivity index (χ4v) is 2.84. The SMILES string of the molecule is COC(=O)c1ccccc1NC(=O)COC(=O)c1c(C)nn(CC(C)C)c1Cl. The van der Waals surface area contributed by atoms with Crippen LogP contribution in [0.3, 0.4) is 0 Å². The highest BCUT2D eigenvalue weighted by Crippen LogP contribution is 2.22. The smallest absolute Gasteiger partial charge is 0.343 e. The average molecular weight is 408 g/mol. The summed E-state index contributed by atoms with van der Waals surface area (Å²) >= 11 is 6.23. The number of amides is 1. The molecular formula is C19H22ClN3O5. The summed E-state index contributed by atoms with van der Waals surface area (Å²) in [5, 5.41) is 6.93. The van der Waals surface area contributed by atoms with Gasteiger partial charge in [0.25, 0.3) is 5.91 Å². The van der Waals surface area contributed by atoms with Crippen molar-refractivity contribution in [3.05, 3.63) is 46.2 Å². The Kier molecular flexibility index (Phi) is 7.17. The van der Waals surface area contributed by atoms with E-state index in [1.165, 1.54) is 17.9 Å². The number of hydrogen-bond acceptors (Lipinski definition) is 6. The van der Waals surface area contributed by atoms with E-state index < -0.39 is 24.5 Å². The van der Waals surface area contributed by atoms with Crippen LogP contribution < -0.4 is 5.32 Å². The molecule has 0 saturated carbocycles. The largest absolute Gasteiger partial charge is 0.465 e. The Morgan fingerprint density at radius 1 is 1.21 bits per heavy atom. The first kappa shape index (κ1) is 21.4. The van der Waals surface area contributed by atoms with Crippen LogP contribution in [0.25, 0.3) is 0 Å². The number of halogens is 1. The number of para-hydroxylation sites is 1. The molecule has 1 heterocycles. The lowest BCUT2D eigenvalue weighted by Crippen LogP contribution is -2.22. The maximum Gasteiger partial charge on any atom is 0.343 e. The minimum atomic E-state index is -0.742. The zero-order valence-electron chi connectivity index (χ0n) is 16.1. The average Bonchev–Trinajstić information content (AvgIpc) is 2.92. The summed E-state index contributed by atoms with van der Waals surface area (Å²) in [7, 11) is 1.24. The number of hydrogen-bond donors (Lipinski definition) is 1. The van der Waals surface area contributed by atoms with Crippen molar-refractivity contribution < 1.29 is 23.9 Å². The Bertz CT molecular complexity index is 892. The molecule has 0 aliphatic rings. The van der Waals surface area contributed by atoms with Gasteiger partial charge in [0.1, 0.15) is 10.7 Å². The second-order valence-electron chi connectivity index (χ2n) is 6.49. The zero-order valence-corrected chi connectivity index (χ0v) is 16.9. The zero-order chi connectivity index (χ0) is 20.8. The summed E-state index contributed by atoms with van der Waals surface area (Å²) in [6.45, 7) is 5.66. The number of aromatic nitrogens is 2. The van der Waals surface area contributed by atoms with E-state index in [-0.39, 0.29) is 22.0 Å². The van der Waals surface area contributed by atoms with E-state index in [2.05, 4.69) is 15.2 Å². The fraction of sp³-hybridized carbons (Fsp3) is 0.368. The summed E-state index contributed by atoms with van der Waals surface area (Å²) in [5.74, 6) is -1.64. The van der Waals surface area contributed by atoms with E-state index in [4.69, 9.17) is 16.3 Å². The highest BCUT2D eigenvalue weighted by Gasteiger charge is 2.23. The maximum absolute atomic E-state index is 12.3. The number of rotatable bonds is 7. The molecule has 1 aromatic carbocycles. The van der Waals surface area contributed by atoms with Gasteiger partial charge < -0.3 is 14.8 Å². The van der Waals surface area contributed by atoms with Gasteiger partial charge in [0.2, 0.25) is 0 Å². The molecule has 0 aliphatic carbocycles. The van der Waals surface area contributed by atoms with Crippen LogP contribution in [0.1, 0.15) is 40.3 Å². The number of nitrogens with one attached hydrogen (secondary N) is 1. The van der Waals surface area contributed by atoms with Crippen molar-refractivity contribution in [2.45, 2.75) is 27.3 Å². The lowest BCUT2D eigenvalue weighted by atomic mass is 10.2. The van der Waals surface area contributed by atoms with Crippen molar-refractivity contribution in [1.29, 1.82) is 0 Å². The van der Waals surface area contributed by atoms with Gasteiger partial charge >= 0.3 is 11.9 Å². The third-order valence-corrected chi connectivity index (χ3v) is 4.13. The first-order valence-corrected chi connectivity index (χ1v) is 8.99. The monoisotopic (exact) mass is 407 g/mol. The molecule has 9 heteroatoms. The van der Waals surface area contributed by atoms with Gasteiger partial charge in [0.05, 0.1) is 24.1 Å². The first-order valence-electron chi connectivity index (χ1n) is 8.61. The fourth-order valence-electron chi connectivity index (χ4n) is 2.52. The highest BCUT2D eigenvalue weighted by molar-refractivity contribution is 6.32. The van der Waals surface area contributed by atoms with Gasteiger partial charge in [-0.2, -0.15) is 5.10 Å². The molecule has 0 spiro atoms. The Hall–Kier alpha value is -2.87. The van der Waals surface area contributed by atoms with Gasteiger partial charge in [0.15, 0.2) is 6.61 Å². The van der Waals surface area contributed by atoms with Crippen LogP contribution in [0.15, 0.2) is 24.3 Å². The molecule has 0 saturated heterocycles. The Balaban J connectivity index is 2.03. The van der Waals surface area contributed by atoms with Crippen molar-refractivity contribution in [1.82, 2.24) is 9.78 Å². The molecule has 8 nitrogen and oxygen atoms in total. The molecule has 1 N–H and O–H groups in total. The predicted octanol–water partition coefficient (Wildman–Crippen LogP) is 3.08. The molecule has 150 valence electrons. The molecule has 28 heavy (non-hydrogen) atoms. The van der Waals surface area contributed by atoms with Gasteiger partial charge in [-0.15, -0.1) is 0 Å². The number of aryl methyl sites for hydroxylation is 1. The minimum absolute atomic E-state index is 0.130. The van der Waals surface area contributed by atoms with Gasteiger partial charge in [-0.25, -0.2) is 9.59 Å². The Morgan fingerprint density at radius 3 is 2.54 bits per heavy atom. The topological polar surface area (TPSA) is 99.5 Å². The first-order chi connectivity index (χ1) is 13.2. The second kappa shape index (κ2) is 9.36. The minimum Gasteiger partial charge on any atom is -0.465 e. The van der Waals surface area contributed by atoms with Crippen LogP contribution in [-0.2, 0) is 20.8 Å². The maximum atomic E-state index is 12.3. The molecule has 0 bridgehead atoms. The summed E-state index contributed by atoms with van der Waals surface area (Å²) in [4.78, 5) is 36.2. The van der Waals surface area contributed by atoms with Crippen molar-refractivity contribution >= 4 is 35.1 Å². The molecule has 2 rings (SSSR count). The number of benzene rings is 1. The molecule has 0 fully saturated rings. The number of ether oxygens (including phenoxy) is 2. The quantitative estimate of drug-likeness (QED) is 0.708. The van der Waals surface area contributed by atoms with Gasteiger partial charge in [-0.05, 0) is 25.0 Å². The van der Waals surface area contributed by atoms with Crippen molar-refractivity contribution in [2.75, 3.05) is 19.0 Å². The van der Waals surface area contributed by atoms with E-state index in [9.17, 15) is 14.4 Å². The lowest BCUT2D eigenvalue weighted by Gasteiger charge is -2.10. The van der Waals surface area contributed by atoms with E-state index in [1.54, 1.807) is 25.1 Å². The number of carbonyl (C=O) groups excluding carboxylic acids is 3. The third kappa shape index (κ3) is 5.10. The van der Waals surface area contributed by atoms with Crippen molar-refractivity contribution in [2.24, 2.45) is 5.92 Å². The molecule has 0 unspecified atom stereocenters. The summed E-state index contributed by atoms with van der Waals surface area (Å²) in [6.07, 6.45) is 0. The van der Waals surface area contributed by atoms with Gasteiger partial charge in [-0.1, -0.05) is 37.6 Å². The van der Waals surface area contributed by atoms with Crippen LogP contribution >= 0.6 is 11.6 Å². The predicted molar refractivity (Wildman–Crippen MR) is 104 cm³/mol. The standard InChI is InChI=1S/C19H22ClN3O5/c1-11(2)9-23-17(20)16(12(3)22-23)19(26)28-10-15(24)21-14-8-6-5-7-13(14)18(25)27-4/h5-8,11H,9-10H2,1-4H3,(H,21,24). The van der Waals surface area contributed by atoms with Crippen molar-refractivity contribution in [3.63, 3.8) is 0 Å². The highest BCUT2D eigenvalue weighted by atomic mass is 35.5. The van der Waals surface area contributed by atoms with Crippen LogP contribution in [0, 0.1) is 12.8 Å². The van der Waals surface area contributed by atoms with Crippen LogP contribution in [0.4, 0.5) is 5.69 Å². The normalized spacial score (nSPS) is 10.6. The van der Waals surface area contributed by atoms with Crippen molar-refractivity contribution in [3.8, 4) is 0 Å². The number of anilines is 1. The van der Waals surface area contributed by atoms with Gasteiger partial charge in [-0.3, -0.25) is 9.48 Å². The molecule has 2 aromatic rings. The van der Waals surface area contributed by atoms with E-state index in [0.29, 0.717) is 18.2 Å². The van der Waals surface area contributed by atoms with Crippen LogP contribution in [-0.4, -0.2) is 41.3 Å². The second-order valence-corrected chi connectivity index (χ2v) is 6.85. The number of methoxy groups -OCH3 is 1. The molecule has 1 amide bonds.